The normalized spacial score (nSPS) is 52.2. The molecule has 128 valence electrons. The number of hydrogen-bond donors (Lipinski definition) is 1. The average molecular weight is 315 g/mol. The van der Waals surface area contributed by atoms with E-state index in [9.17, 15) is 5.11 Å². The van der Waals surface area contributed by atoms with Crippen molar-refractivity contribution < 1.29 is 5.11 Å². The molecule has 1 unspecified atom stereocenters. The van der Waals surface area contributed by atoms with E-state index in [1.165, 1.54) is 44.1 Å². The van der Waals surface area contributed by atoms with Crippen LogP contribution in [-0.2, 0) is 0 Å². The van der Waals surface area contributed by atoms with Crippen LogP contribution in [0.5, 0.6) is 0 Å². The van der Waals surface area contributed by atoms with Gasteiger partial charge in [0.2, 0.25) is 0 Å². The molecule has 23 heavy (non-hydrogen) atoms. The van der Waals surface area contributed by atoms with Gasteiger partial charge in [0.15, 0.2) is 0 Å². The fourth-order valence-corrected chi connectivity index (χ4v) is 7.45. The van der Waals surface area contributed by atoms with E-state index >= 15 is 0 Å². The highest BCUT2D eigenvalue weighted by Gasteiger charge is 2.58. The van der Waals surface area contributed by atoms with Gasteiger partial charge in [0.1, 0.15) is 0 Å². The van der Waals surface area contributed by atoms with E-state index in [0.717, 1.165) is 36.5 Å². The number of aliphatic hydroxyl groups is 1. The van der Waals surface area contributed by atoms with Crippen molar-refractivity contribution in [3.05, 3.63) is 23.8 Å². The Labute approximate surface area is 142 Å². The molecule has 3 fully saturated rings. The van der Waals surface area contributed by atoms with Crippen LogP contribution in [0.3, 0.4) is 0 Å². The highest BCUT2D eigenvalue weighted by atomic mass is 16.3. The van der Waals surface area contributed by atoms with Crippen molar-refractivity contribution in [3.63, 3.8) is 0 Å². The quantitative estimate of drug-likeness (QED) is 0.633. The van der Waals surface area contributed by atoms with E-state index in [1.54, 1.807) is 5.57 Å². The van der Waals surface area contributed by atoms with Crippen molar-refractivity contribution in [2.24, 2.45) is 34.5 Å². The van der Waals surface area contributed by atoms with Crippen molar-refractivity contribution in [3.8, 4) is 0 Å². The Morgan fingerprint density at radius 2 is 1.91 bits per heavy atom. The first-order chi connectivity index (χ1) is 10.9. The molecule has 4 aliphatic carbocycles. The molecule has 0 heterocycles. The number of fused-ring (bicyclic) bond motifs is 5. The van der Waals surface area contributed by atoms with Crippen molar-refractivity contribution in [2.45, 2.75) is 78.2 Å². The number of allylic oxidation sites excluding steroid dienone is 2. The fourth-order valence-electron chi connectivity index (χ4n) is 7.45. The lowest BCUT2D eigenvalue weighted by Crippen LogP contribution is -2.50. The minimum atomic E-state index is -0.0843. The third-order valence-corrected chi connectivity index (χ3v) is 8.67. The number of hydrogen-bond acceptors (Lipinski definition) is 1. The Kier molecular flexibility index (Phi) is 3.61. The summed E-state index contributed by atoms with van der Waals surface area (Å²) in [6.45, 7) is 11.7. The van der Waals surface area contributed by atoms with Crippen molar-refractivity contribution in [1.29, 1.82) is 0 Å². The van der Waals surface area contributed by atoms with Gasteiger partial charge in [-0.2, -0.15) is 0 Å². The molecule has 0 aromatic heterocycles. The standard InChI is InChI=1S/C22H34O/c1-14(2)18-7-8-19-17-6-5-15-13-16(23)9-11-21(15,3)20(17)10-12-22(18,19)4/h5,16-20,23H,1,6-13H2,2-4H3/t16?,17-,18+,19-,20-,21-,22+/m0/s1. The molecular formula is C22H34O. The van der Waals surface area contributed by atoms with Crippen LogP contribution in [0.1, 0.15) is 72.1 Å². The van der Waals surface area contributed by atoms with Gasteiger partial charge >= 0.3 is 0 Å². The van der Waals surface area contributed by atoms with Gasteiger partial charge in [0.05, 0.1) is 6.10 Å². The van der Waals surface area contributed by atoms with Crippen LogP contribution in [0.2, 0.25) is 0 Å². The topological polar surface area (TPSA) is 20.2 Å². The van der Waals surface area contributed by atoms with E-state index in [2.05, 4.69) is 33.4 Å². The van der Waals surface area contributed by atoms with Crippen LogP contribution in [0.15, 0.2) is 23.8 Å². The molecule has 0 bridgehead atoms. The summed E-state index contributed by atoms with van der Waals surface area (Å²) in [7, 11) is 0. The molecule has 7 atom stereocenters. The SMILES string of the molecule is C=C(C)[C@H]1CC[C@H]2[C@@H]3CC=C4CC(O)CC[C@]4(C)[C@H]3CC[C@]12C. The van der Waals surface area contributed by atoms with Gasteiger partial charge in [0.25, 0.3) is 0 Å². The predicted molar refractivity (Wildman–Crippen MR) is 96.0 cm³/mol. The lowest BCUT2D eigenvalue weighted by Gasteiger charge is -2.58. The first-order valence-corrected chi connectivity index (χ1v) is 9.89. The molecule has 0 aromatic carbocycles. The Morgan fingerprint density at radius 1 is 1.13 bits per heavy atom. The number of aliphatic hydroxyl groups excluding tert-OH is 1. The molecule has 3 saturated carbocycles. The second-order valence-corrected chi connectivity index (χ2v) is 9.68. The minimum absolute atomic E-state index is 0.0843. The lowest BCUT2D eigenvalue weighted by molar-refractivity contribution is -0.0453. The van der Waals surface area contributed by atoms with Gasteiger partial charge in [-0.3, -0.25) is 0 Å². The summed E-state index contributed by atoms with van der Waals surface area (Å²) in [4.78, 5) is 0. The zero-order chi connectivity index (χ0) is 16.4. The summed E-state index contributed by atoms with van der Waals surface area (Å²) in [5.41, 5.74) is 3.90. The Balaban J connectivity index is 1.66. The summed E-state index contributed by atoms with van der Waals surface area (Å²) in [5.74, 6) is 3.38. The highest BCUT2D eigenvalue weighted by Crippen LogP contribution is 2.66. The molecule has 1 heteroatoms. The summed E-state index contributed by atoms with van der Waals surface area (Å²) >= 11 is 0. The maximum Gasteiger partial charge on any atom is 0.0577 e. The summed E-state index contributed by atoms with van der Waals surface area (Å²) in [6, 6.07) is 0. The Bertz CT molecular complexity index is 546. The first kappa shape index (κ1) is 15.9. The second-order valence-electron chi connectivity index (χ2n) is 9.68. The molecule has 4 aliphatic rings. The van der Waals surface area contributed by atoms with Crippen LogP contribution in [0.4, 0.5) is 0 Å². The molecule has 0 amide bonds. The smallest absolute Gasteiger partial charge is 0.0577 e. The van der Waals surface area contributed by atoms with E-state index in [-0.39, 0.29) is 6.10 Å². The summed E-state index contributed by atoms with van der Waals surface area (Å²) in [5, 5.41) is 10.1. The predicted octanol–water partition coefficient (Wildman–Crippen LogP) is 5.50. The highest BCUT2D eigenvalue weighted by molar-refractivity contribution is 5.26. The Morgan fingerprint density at radius 3 is 2.65 bits per heavy atom. The molecule has 1 nitrogen and oxygen atoms in total. The second kappa shape index (κ2) is 5.22. The maximum absolute atomic E-state index is 10.1. The minimum Gasteiger partial charge on any atom is -0.393 e. The maximum atomic E-state index is 10.1. The van der Waals surface area contributed by atoms with E-state index in [4.69, 9.17) is 0 Å². The monoisotopic (exact) mass is 314 g/mol. The average Bonchev–Trinajstić information content (AvgIpc) is 2.85. The third-order valence-electron chi connectivity index (χ3n) is 8.67. The summed E-state index contributed by atoms with van der Waals surface area (Å²) in [6.07, 6.45) is 12.4. The van der Waals surface area contributed by atoms with Crippen molar-refractivity contribution in [2.75, 3.05) is 0 Å². The van der Waals surface area contributed by atoms with Gasteiger partial charge in [-0.15, -0.1) is 0 Å². The van der Waals surface area contributed by atoms with Crippen molar-refractivity contribution in [1.82, 2.24) is 0 Å². The Hall–Kier alpha value is -0.560. The van der Waals surface area contributed by atoms with Gasteiger partial charge < -0.3 is 5.11 Å². The van der Waals surface area contributed by atoms with Crippen LogP contribution in [-0.4, -0.2) is 11.2 Å². The van der Waals surface area contributed by atoms with Crippen LogP contribution < -0.4 is 0 Å². The zero-order valence-corrected chi connectivity index (χ0v) is 15.3. The molecule has 0 aliphatic heterocycles. The van der Waals surface area contributed by atoms with E-state index < -0.39 is 0 Å². The molecule has 0 spiro atoms. The first-order valence-electron chi connectivity index (χ1n) is 9.89. The number of rotatable bonds is 1. The molecule has 0 aromatic rings. The third kappa shape index (κ3) is 2.15. The van der Waals surface area contributed by atoms with Gasteiger partial charge in [-0.05, 0) is 92.8 Å². The van der Waals surface area contributed by atoms with E-state index in [0.29, 0.717) is 10.8 Å². The molecular weight excluding hydrogens is 280 g/mol. The van der Waals surface area contributed by atoms with Gasteiger partial charge in [-0.25, -0.2) is 0 Å². The van der Waals surface area contributed by atoms with Crippen LogP contribution in [0, 0.1) is 34.5 Å². The lowest BCUT2D eigenvalue weighted by atomic mass is 9.47. The molecule has 0 saturated heterocycles. The molecule has 0 radical (unpaired) electrons. The van der Waals surface area contributed by atoms with Gasteiger partial charge in [0, 0.05) is 0 Å². The van der Waals surface area contributed by atoms with E-state index in [1.807, 2.05) is 0 Å². The van der Waals surface area contributed by atoms with Crippen LogP contribution >= 0.6 is 0 Å². The summed E-state index contributed by atoms with van der Waals surface area (Å²) < 4.78 is 0. The van der Waals surface area contributed by atoms with Crippen LogP contribution in [0.25, 0.3) is 0 Å². The molecule has 1 N–H and O–H groups in total. The largest absolute Gasteiger partial charge is 0.393 e. The fraction of sp³-hybridized carbons (Fsp3) is 0.818. The zero-order valence-electron chi connectivity index (χ0n) is 15.3. The molecule has 4 rings (SSSR count). The van der Waals surface area contributed by atoms with Gasteiger partial charge in [-0.1, -0.05) is 37.6 Å². The van der Waals surface area contributed by atoms with Crippen molar-refractivity contribution >= 4 is 0 Å².